The fourth-order valence-electron chi connectivity index (χ4n) is 3.06. The fraction of sp³-hybridized carbons (Fsp3) is 0.524. The van der Waals surface area contributed by atoms with Crippen molar-refractivity contribution in [1.29, 1.82) is 0 Å². The standard InChI is InChI=1S/C21H30O3S.Na.H/c1-2-3-4-5-6-7-8-9-12-18-24-25(22,23)21-17-13-15-19-14-10-11-16-20(19)21;;/h10-11,13-17H,2-9,12,18H2,1H3;;/q;+1;-1. The molecule has 26 heavy (non-hydrogen) atoms. The van der Waals surface area contributed by atoms with E-state index in [4.69, 9.17) is 4.18 Å². The van der Waals surface area contributed by atoms with Crippen LogP contribution in [0.1, 0.15) is 66.1 Å². The Labute approximate surface area is 182 Å². The van der Waals surface area contributed by atoms with E-state index in [0.29, 0.717) is 0 Å². The van der Waals surface area contributed by atoms with Crippen molar-refractivity contribution in [3.8, 4) is 0 Å². The number of hydrogen-bond acceptors (Lipinski definition) is 3. The van der Waals surface area contributed by atoms with Crippen molar-refractivity contribution in [1.82, 2.24) is 0 Å². The largest absolute Gasteiger partial charge is 1.00 e. The van der Waals surface area contributed by atoms with Crippen molar-refractivity contribution >= 4 is 20.9 Å². The van der Waals surface area contributed by atoms with Crippen molar-refractivity contribution in [3.05, 3.63) is 42.5 Å². The Kier molecular flexibility index (Phi) is 11.7. The Bertz CT molecular complexity index is 745. The molecule has 2 aromatic carbocycles. The number of hydrogen-bond donors (Lipinski definition) is 0. The van der Waals surface area contributed by atoms with Crippen molar-refractivity contribution in [2.24, 2.45) is 0 Å². The Morgan fingerprint density at radius 1 is 0.808 bits per heavy atom. The molecule has 0 N–H and O–H groups in total. The molecule has 0 fully saturated rings. The van der Waals surface area contributed by atoms with Gasteiger partial charge < -0.3 is 1.43 Å². The molecule has 0 saturated carbocycles. The predicted octanol–water partition coefficient (Wildman–Crippen LogP) is 3.19. The van der Waals surface area contributed by atoms with E-state index >= 15 is 0 Å². The number of rotatable bonds is 12. The molecule has 0 atom stereocenters. The molecule has 140 valence electrons. The Balaban J connectivity index is 0.00000338. The summed E-state index contributed by atoms with van der Waals surface area (Å²) < 4.78 is 30.2. The van der Waals surface area contributed by atoms with Crippen molar-refractivity contribution in [2.75, 3.05) is 6.61 Å². The van der Waals surface area contributed by atoms with E-state index in [2.05, 4.69) is 6.92 Å². The molecule has 3 nitrogen and oxygen atoms in total. The summed E-state index contributed by atoms with van der Waals surface area (Å²) in [6.07, 6.45) is 10.8. The fourth-order valence-corrected chi connectivity index (χ4v) is 4.22. The molecule has 0 radical (unpaired) electrons. The van der Waals surface area contributed by atoms with Gasteiger partial charge in [-0.2, -0.15) is 8.42 Å². The van der Waals surface area contributed by atoms with Gasteiger partial charge in [0.1, 0.15) is 4.90 Å². The molecule has 0 aliphatic carbocycles. The molecule has 0 spiro atoms. The van der Waals surface area contributed by atoms with Crippen LogP contribution < -0.4 is 29.6 Å². The van der Waals surface area contributed by atoms with Crippen LogP contribution in [0.4, 0.5) is 0 Å². The van der Waals surface area contributed by atoms with Gasteiger partial charge in [-0.05, 0) is 17.9 Å². The van der Waals surface area contributed by atoms with E-state index in [1.165, 1.54) is 38.5 Å². The molecule has 0 aromatic heterocycles. The number of benzene rings is 2. The average Bonchev–Trinajstić information content (AvgIpc) is 2.62. The summed E-state index contributed by atoms with van der Waals surface area (Å²) in [5, 5.41) is 1.63. The zero-order valence-electron chi connectivity index (χ0n) is 17.2. The van der Waals surface area contributed by atoms with Gasteiger partial charge in [-0.25, -0.2) is 0 Å². The average molecular weight is 387 g/mol. The molecule has 0 bridgehead atoms. The third-order valence-corrected chi connectivity index (χ3v) is 5.88. The van der Waals surface area contributed by atoms with Crippen LogP contribution >= 0.6 is 0 Å². The predicted molar refractivity (Wildman–Crippen MR) is 105 cm³/mol. The second-order valence-electron chi connectivity index (χ2n) is 6.58. The number of unbranched alkanes of at least 4 members (excludes halogenated alkanes) is 8. The summed E-state index contributed by atoms with van der Waals surface area (Å²) in [6, 6.07) is 12.8. The summed E-state index contributed by atoms with van der Waals surface area (Å²) in [6.45, 7) is 2.49. The maximum absolute atomic E-state index is 12.5. The van der Waals surface area contributed by atoms with Gasteiger partial charge in [-0.3, -0.25) is 4.18 Å². The Hall–Kier alpha value is -0.390. The SMILES string of the molecule is CCCCCCCCCCCOS(=O)(=O)c1cccc2ccccc12.[H-].[Na+]. The molecule has 0 unspecified atom stereocenters. The molecule has 5 heteroatoms. The number of fused-ring (bicyclic) bond motifs is 1. The molecular weight excluding hydrogens is 355 g/mol. The molecule has 2 rings (SSSR count). The summed E-state index contributed by atoms with van der Waals surface area (Å²) in [5.41, 5.74) is 0. The second kappa shape index (κ2) is 12.9. The van der Waals surface area contributed by atoms with Crippen LogP contribution in [0.25, 0.3) is 10.8 Å². The minimum atomic E-state index is -3.69. The molecule has 0 amide bonds. The first-order valence-corrected chi connectivity index (χ1v) is 10.9. The van der Waals surface area contributed by atoms with Crippen LogP contribution in [0.15, 0.2) is 47.4 Å². The Morgan fingerprint density at radius 3 is 2.08 bits per heavy atom. The van der Waals surface area contributed by atoms with Gasteiger partial charge in [0.05, 0.1) is 6.61 Å². The van der Waals surface area contributed by atoms with Gasteiger partial charge in [-0.1, -0.05) is 94.7 Å². The second-order valence-corrected chi connectivity index (χ2v) is 8.17. The third kappa shape index (κ3) is 7.69. The van der Waals surface area contributed by atoms with Gasteiger partial charge in [0.15, 0.2) is 0 Å². The van der Waals surface area contributed by atoms with Crippen LogP contribution in [0, 0.1) is 0 Å². The van der Waals surface area contributed by atoms with Crippen molar-refractivity contribution in [2.45, 2.75) is 69.6 Å². The summed E-state index contributed by atoms with van der Waals surface area (Å²) in [5.74, 6) is 0. The third-order valence-electron chi connectivity index (χ3n) is 4.51. The first-order valence-electron chi connectivity index (χ1n) is 9.52. The minimum Gasteiger partial charge on any atom is -1.00 e. The van der Waals surface area contributed by atoms with Crippen molar-refractivity contribution < 1.29 is 43.6 Å². The van der Waals surface area contributed by atoms with E-state index in [0.717, 1.165) is 30.0 Å². The van der Waals surface area contributed by atoms with Crippen molar-refractivity contribution in [3.63, 3.8) is 0 Å². The molecule has 0 heterocycles. The molecular formula is C21H31NaO3S. The van der Waals surface area contributed by atoms with Gasteiger partial charge in [0.25, 0.3) is 10.1 Å². The zero-order chi connectivity index (χ0) is 18.0. The first kappa shape index (κ1) is 23.6. The van der Waals surface area contributed by atoms with E-state index in [1.807, 2.05) is 30.3 Å². The Morgan fingerprint density at radius 2 is 1.38 bits per heavy atom. The van der Waals surface area contributed by atoms with E-state index < -0.39 is 10.1 Å². The summed E-state index contributed by atoms with van der Waals surface area (Å²) in [7, 11) is -3.69. The van der Waals surface area contributed by atoms with Crippen LogP contribution in [0.3, 0.4) is 0 Å². The van der Waals surface area contributed by atoms with Crippen LogP contribution in [-0.2, 0) is 14.3 Å². The molecule has 0 aliphatic rings. The van der Waals surface area contributed by atoms with Crippen LogP contribution in [0.2, 0.25) is 0 Å². The molecule has 0 aliphatic heterocycles. The zero-order valence-corrected chi connectivity index (χ0v) is 19.1. The summed E-state index contributed by atoms with van der Waals surface area (Å²) >= 11 is 0. The molecule has 2 aromatic rings. The quantitative estimate of drug-likeness (QED) is 0.320. The van der Waals surface area contributed by atoms with Gasteiger partial charge in [0, 0.05) is 5.39 Å². The van der Waals surface area contributed by atoms with E-state index in [-0.39, 0.29) is 42.5 Å². The van der Waals surface area contributed by atoms with E-state index in [1.54, 1.807) is 12.1 Å². The molecule has 0 saturated heterocycles. The van der Waals surface area contributed by atoms with Gasteiger partial charge in [-0.15, -0.1) is 0 Å². The topological polar surface area (TPSA) is 43.4 Å². The normalized spacial score (nSPS) is 11.4. The monoisotopic (exact) mass is 386 g/mol. The summed E-state index contributed by atoms with van der Waals surface area (Å²) in [4.78, 5) is 0.265. The van der Waals surface area contributed by atoms with E-state index in [9.17, 15) is 8.42 Å². The smallest absolute Gasteiger partial charge is 1.00 e. The van der Waals surface area contributed by atoms with Gasteiger partial charge >= 0.3 is 29.6 Å². The van der Waals surface area contributed by atoms with Crippen LogP contribution in [0.5, 0.6) is 0 Å². The van der Waals surface area contributed by atoms with Gasteiger partial charge in [0.2, 0.25) is 0 Å². The maximum Gasteiger partial charge on any atom is 1.00 e. The maximum atomic E-state index is 12.5. The minimum absolute atomic E-state index is 0. The van der Waals surface area contributed by atoms with Crippen LogP contribution in [-0.4, -0.2) is 15.0 Å². The first-order chi connectivity index (χ1) is 12.1.